The molecule has 21 heavy (non-hydrogen) atoms. The molecule has 0 aliphatic carbocycles. The maximum atomic E-state index is 5.49. The Morgan fingerprint density at radius 2 is 1.90 bits per heavy atom. The van der Waals surface area contributed by atoms with E-state index in [-0.39, 0.29) is 6.79 Å². The number of hydrogen-bond donors (Lipinski definition) is 1. The van der Waals surface area contributed by atoms with Crippen LogP contribution in [0.1, 0.15) is 5.56 Å². The zero-order valence-electron chi connectivity index (χ0n) is 11.2. The van der Waals surface area contributed by atoms with Gasteiger partial charge in [-0.3, -0.25) is 4.98 Å². The molecule has 3 aromatic rings. The molecule has 0 radical (unpaired) electrons. The summed E-state index contributed by atoms with van der Waals surface area (Å²) < 4.78 is 10.9. The number of nitrogens with one attached hydrogen (secondary N) is 1. The van der Waals surface area contributed by atoms with E-state index in [0.717, 1.165) is 33.9 Å². The maximum Gasteiger partial charge on any atom is 0.231 e. The van der Waals surface area contributed by atoms with Crippen LogP contribution in [-0.4, -0.2) is 16.8 Å². The molecule has 0 fully saturated rings. The van der Waals surface area contributed by atoms with Gasteiger partial charge >= 0.3 is 0 Å². The number of hydrogen-bond acceptors (Lipinski definition) is 5. The van der Waals surface area contributed by atoms with Gasteiger partial charge in [-0.05, 0) is 18.2 Å². The molecule has 0 atom stereocenters. The van der Waals surface area contributed by atoms with Crippen molar-refractivity contribution in [3.63, 3.8) is 0 Å². The smallest absolute Gasteiger partial charge is 0.231 e. The van der Waals surface area contributed by atoms with E-state index in [1.165, 1.54) is 0 Å². The van der Waals surface area contributed by atoms with Crippen molar-refractivity contribution in [2.75, 3.05) is 12.1 Å². The van der Waals surface area contributed by atoms with Crippen LogP contribution in [0.5, 0.6) is 11.5 Å². The van der Waals surface area contributed by atoms with Gasteiger partial charge in [-0.15, -0.1) is 0 Å². The van der Waals surface area contributed by atoms with Crippen LogP contribution >= 0.6 is 0 Å². The summed E-state index contributed by atoms with van der Waals surface area (Å²) in [7, 11) is 0. The van der Waals surface area contributed by atoms with E-state index in [4.69, 9.17) is 9.47 Å². The second-order valence-corrected chi connectivity index (χ2v) is 4.75. The van der Waals surface area contributed by atoms with Crippen LogP contribution in [0.2, 0.25) is 0 Å². The molecule has 1 aliphatic rings. The average Bonchev–Trinajstić information content (AvgIpc) is 3.02. The maximum absolute atomic E-state index is 5.49. The zero-order chi connectivity index (χ0) is 14.1. The normalized spacial score (nSPS) is 12.6. The number of aromatic nitrogens is 2. The molecular formula is C16H13N3O2. The number of anilines is 1. The molecular weight excluding hydrogens is 266 g/mol. The number of ether oxygens (including phenoxy) is 2. The standard InChI is InChI=1S/C16H13N3O2/c1-2-6-13-12(5-1)17-9-15(19-13)18-8-11-4-3-7-14-16(11)21-10-20-14/h1-7,9H,8,10H2,(H,18,19). The zero-order valence-corrected chi connectivity index (χ0v) is 11.2. The van der Waals surface area contributed by atoms with Crippen LogP contribution in [0, 0.1) is 0 Å². The molecule has 1 aromatic heterocycles. The van der Waals surface area contributed by atoms with E-state index >= 15 is 0 Å². The molecule has 4 rings (SSSR count). The summed E-state index contributed by atoms with van der Waals surface area (Å²) >= 11 is 0. The van der Waals surface area contributed by atoms with Crippen molar-refractivity contribution in [2.24, 2.45) is 0 Å². The van der Waals surface area contributed by atoms with Gasteiger partial charge in [-0.2, -0.15) is 0 Å². The van der Waals surface area contributed by atoms with E-state index < -0.39 is 0 Å². The minimum atomic E-state index is 0.280. The Morgan fingerprint density at radius 3 is 2.86 bits per heavy atom. The van der Waals surface area contributed by atoms with Crippen LogP contribution in [0.3, 0.4) is 0 Å². The van der Waals surface area contributed by atoms with E-state index in [2.05, 4.69) is 15.3 Å². The fraction of sp³-hybridized carbons (Fsp3) is 0.125. The van der Waals surface area contributed by atoms with Crippen molar-refractivity contribution >= 4 is 16.9 Å². The van der Waals surface area contributed by atoms with Gasteiger partial charge in [-0.25, -0.2) is 4.98 Å². The van der Waals surface area contributed by atoms with Crippen molar-refractivity contribution in [1.82, 2.24) is 9.97 Å². The number of benzene rings is 2. The highest BCUT2D eigenvalue weighted by molar-refractivity contribution is 5.75. The first-order chi connectivity index (χ1) is 10.4. The van der Waals surface area contributed by atoms with Crippen LogP contribution in [0.4, 0.5) is 5.82 Å². The van der Waals surface area contributed by atoms with Crippen molar-refractivity contribution in [3.8, 4) is 11.5 Å². The quantitative estimate of drug-likeness (QED) is 0.798. The predicted molar refractivity (Wildman–Crippen MR) is 79.4 cm³/mol. The summed E-state index contributed by atoms with van der Waals surface area (Å²) in [6.07, 6.45) is 1.74. The van der Waals surface area contributed by atoms with Gasteiger partial charge in [0.1, 0.15) is 5.82 Å². The third-order valence-electron chi connectivity index (χ3n) is 3.39. The van der Waals surface area contributed by atoms with Crippen LogP contribution in [0.15, 0.2) is 48.7 Å². The minimum Gasteiger partial charge on any atom is -0.454 e. The Labute approximate surface area is 121 Å². The Kier molecular flexibility index (Phi) is 2.81. The Balaban J connectivity index is 1.57. The number of fused-ring (bicyclic) bond motifs is 2. The second kappa shape index (κ2) is 4.94. The molecule has 1 aliphatic heterocycles. The van der Waals surface area contributed by atoms with Crippen molar-refractivity contribution in [1.29, 1.82) is 0 Å². The fourth-order valence-electron chi connectivity index (χ4n) is 2.36. The largest absolute Gasteiger partial charge is 0.454 e. The third-order valence-corrected chi connectivity index (χ3v) is 3.39. The van der Waals surface area contributed by atoms with Crippen LogP contribution < -0.4 is 14.8 Å². The summed E-state index contributed by atoms with van der Waals surface area (Å²) in [6.45, 7) is 0.891. The molecule has 2 heterocycles. The monoisotopic (exact) mass is 279 g/mol. The highest BCUT2D eigenvalue weighted by atomic mass is 16.7. The lowest BCUT2D eigenvalue weighted by Gasteiger charge is -2.08. The summed E-state index contributed by atoms with van der Waals surface area (Å²) in [5.41, 5.74) is 2.81. The fourth-order valence-corrected chi connectivity index (χ4v) is 2.36. The van der Waals surface area contributed by atoms with Gasteiger partial charge in [0.15, 0.2) is 11.5 Å². The topological polar surface area (TPSA) is 56.3 Å². The summed E-state index contributed by atoms with van der Waals surface area (Å²) in [5, 5.41) is 3.27. The molecule has 0 unspecified atom stereocenters. The molecule has 2 aromatic carbocycles. The molecule has 0 spiro atoms. The molecule has 0 saturated carbocycles. The van der Waals surface area contributed by atoms with E-state index in [1.807, 2.05) is 42.5 Å². The van der Waals surface area contributed by atoms with E-state index in [9.17, 15) is 0 Å². The first-order valence-electron chi connectivity index (χ1n) is 6.73. The van der Waals surface area contributed by atoms with Gasteiger partial charge in [0.05, 0.1) is 17.2 Å². The second-order valence-electron chi connectivity index (χ2n) is 4.75. The minimum absolute atomic E-state index is 0.280. The first-order valence-corrected chi connectivity index (χ1v) is 6.73. The number of nitrogens with zero attached hydrogens (tertiary/aromatic N) is 2. The van der Waals surface area contributed by atoms with E-state index in [1.54, 1.807) is 6.20 Å². The summed E-state index contributed by atoms with van der Waals surface area (Å²) in [4.78, 5) is 8.92. The van der Waals surface area contributed by atoms with Gasteiger partial charge in [-0.1, -0.05) is 24.3 Å². The van der Waals surface area contributed by atoms with E-state index in [0.29, 0.717) is 6.54 Å². The molecule has 5 heteroatoms. The summed E-state index contributed by atoms with van der Waals surface area (Å²) in [6, 6.07) is 13.7. The van der Waals surface area contributed by atoms with Gasteiger partial charge in [0, 0.05) is 12.1 Å². The Bertz CT molecular complexity index is 804. The predicted octanol–water partition coefficient (Wildman–Crippen LogP) is 2.97. The van der Waals surface area contributed by atoms with Crippen molar-refractivity contribution in [3.05, 3.63) is 54.2 Å². The first kappa shape index (κ1) is 12.0. The molecule has 0 saturated heterocycles. The lowest BCUT2D eigenvalue weighted by Crippen LogP contribution is -2.03. The Morgan fingerprint density at radius 1 is 1.00 bits per heavy atom. The molecule has 1 N–H and O–H groups in total. The Hall–Kier alpha value is -2.82. The van der Waals surface area contributed by atoms with Crippen molar-refractivity contribution in [2.45, 2.75) is 6.54 Å². The van der Waals surface area contributed by atoms with Gasteiger partial charge in [0.2, 0.25) is 6.79 Å². The van der Waals surface area contributed by atoms with Gasteiger partial charge in [0.25, 0.3) is 0 Å². The highest BCUT2D eigenvalue weighted by Crippen LogP contribution is 2.35. The van der Waals surface area contributed by atoms with Gasteiger partial charge < -0.3 is 14.8 Å². The molecule has 104 valence electrons. The van der Waals surface area contributed by atoms with Crippen molar-refractivity contribution < 1.29 is 9.47 Å². The summed E-state index contributed by atoms with van der Waals surface area (Å²) in [5.74, 6) is 2.34. The SMILES string of the molecule is c1cc(CNc2cnc3ccccc3n2)c2c(c1)OCO2. The lowest BCUT2D eigenvalue weighted by molar-refractivity contribution is 0.173. The highest BCUT2D eigenvalue weighted by Gasteiger charge is 2.16. The van der Waals surface area contributed by atoms with Crippen LogP contribution in [-0.2, 0) is 6.54 Å². The number of rotatable bonds is 3. The average molecular weight is 279 g/mol. The number of para-hydroxylation sites is 3. The van der Waals surface area contributed by atoms with Crippen LogP contribution in [0.25, 0.3) is 11.0 Å². The lowest BCUT2D eigenvalue weighted by atomic mass is 10.2. The third kappa shape index (κ3) is 2.23. The molecule has 5 nitrogen and oxygen atoms in total. The molecule has 0 bridgehead atoms. The molecule has 0 amide bonds.